The van der Waals surface area contributed by atoms with Crippen LogP contribution in [0, 0.1) is 11.6 Å². The van der Waals surface area contributed by atoms with E-state index in [4.69, 9.17) is 11.6 Å². The summed E-state index contributed by atoms with van der Waals surface area (Å²) in [4.78, 5) is 17.8. The Balaban J connectivity index is 1.86. The SMILES string of the molecule is O=C(CCl)N(Cc1c(F)cccc1F)C1CCc2cncn2C1. The number of fused-ring (bicyclic) bond motifs is 1. The maximum absolute atomic E-state index is 13.9. The lowest BCUT2D eigenvalue weighted by molar-refractivity contribution is -0.132. The van der Waals surface area contributed by atoms with Gasteiger partial charge in [0.2, 0.25) is 5.91 Å². The zero-order valence-corrected chi connectivity index (χ0v) is 13.1. The molecule has 1 unspecified atom stereocenters. The predicted octanol–water partition coefficient (Wildman–Crippen LogP) is 2.74. The van der Waals surface area contributed by atoms with Crippen LogP contribution in [0.5, 0.6) is 0 Å². The van der Waals surface area contributed by atoms with Crippen LogP contribution < -0.4 is 0 Å². The Morgan fingerprint density at radius 3 is 2.83 bits per heavy atom. The third-order valence-electron chi connectivity index (χ3n) is 4.21. The van der Waals surface area contributed by atoms with Gasteiger partial charge in [0.1, 0.15) is 17.5 Å². The molecule has 0 fully saturated rings. The number of aromatic nitrogens is 2. The summed E-state index contributed by atoms with van der Waals surface area (Å²) in [6.45, 7) is 0.423. The van der Waals surface area contributed by atoms with Crippen molar-refractivity contribution in [3.63, 3.8) is 0 Å². The average Bonchev–Trinajstić information content (AvgIpc) is 3.01. The van der Waals surface area contributed by atoms with Gasteiger partial charge in [0.15, 0.2) is 0 Å². The summed E-state index contributed by atoms with van der Waals surface area (Å²) in [6, 6.07) is 3.52. The number of halogens is 3. The van der Waals surface area contributed by atoms with Crippen LogP contribution >= 0.6 is 11.6 Å². The number of nitrogens with zero attached hydrogens (tertiary/aromatic N) is 3. The van der Waals surface area contributed by atoms with Crippen LogP contribution in [0.1, 0.15) is 17.7 Å². The molecular formula is C16H16ClF2N3O. The molecule has 1 atom stereocenters. The van der Waals surface area contributed by atoms with Gasteiger partial charge in [-0.1, -0.05) is 6.07 Å². The first-order valence-corrected chi connectivity index (χ1v) is 7.91. The monoisotopic (exact) mass is 339 g/mol. The number of hydrogen-bond acceptors (Lipinski definition) is 2. The topological polar surface area (TPSA) is 38.1 Å². The van der Waals surface area contributed by atoms with Gasteiger partial charge in [-0.05, 0) is 25.0 Å². The van der Waals surface area contributed by atoms with Gasteiger partial charge in [0.05, 0.1) is 18.9 Å². The summed E-state index contributed by atoms with van der Waals surface area (Å²) < 4.78 is 29.8. The van der Waals surface area contributed by atoms with Gasteiger partial charge in [-0.15, -0.1) is 11.6 Å². The van der Waals surface area contributed by atoms with Crippen LogP contribution in [0.2, 0.25) is 0 Å². The third kappa shape index (κ3) is 3.22. The van der Waals surface area contributed by atoms with Crippen molar-refractivity contribution in [2.45, 2.75) is 32.0 Å². The van der Waals surface area contributed by atoms with Crippen LogP contribution in [0.4, 0.5) is 8.78 Å². The van der Waals surface area contributed by atoms with E-state index in [9.17, 15) is 13.6 Å². The standard InChI is InChI=1S/C16H16ClF2N3O/c17-6-16(23)22(9-13-14(18)2-1-3-15(13)19)12-5-4-11-7-20-10-21(11)8-12/h1-3,7,10,12H,4-6,8-9H2. The van der Waals surface area contributed by atoms with Gasteiger partial charge in [0, 0.05) is 24.0 Å². The second-order valence-electron chi connectivity index (χ2n) is 5.59. The van der Waals surface area contributed by atoms with Gasteiger partial charge in [-0.25, -0.2) is 13.8 Å². The summed E-state index contributed by atoms with van der Waals surface area (Å²) >= 11 is 5.69. The van der Waals surface area contributed by atoms with E-state index in [2.05, 4.69) is 4.98 Å². The number of benzene rings is 1. The largest absolute Gasteiger partial charge is 0.333 e. The Morgan fingerprint density at radius 1 is 1.39 bits per heavy atom. The number of rotatable bonds is 4. The minimum absolute atomic E-state index is 0.109. The zero-order valence-electron chi connectivity index (χ0n) is 12.4. The maximum Gasteiger partial charge on any atom is 0.238 e. The number of carbonyl (C=O) groups is 1. The Bertz CT molecular complexity index is 699. The molecule has 0 saturated heterocycles. The lowest BCUT2D eigenvalue weighted by Gasteiger charge is -2.35. The van der Waals surface area contributed by atoms with Gasteiger partial charge in [-0.2, -0.15) is 0 Å². The molecule has 23 heavy (non-hydrogen) atoms. The van der Waals surface area contributed by atoms with E-state index < -0.39 is 11.6 Å². The Labute approximate surface area is 137 Å². The molecule has 0 radical (unpaired) electrons. The molecule has 0 aliphatic carbocycles. The normalized spacial score (nSPS) is 16.9. The van der Waals surface area contributed by atoms with E-state index in [1.165, 1.54) is 23.1 Å². The molecule has 7 heteroatoms. The number of amides is 1. The summed E-state index contributed by atoms with van der Waals surface area (Å²) in [5, 5.41) is 0. The molecule has 0 N–H and O–H groups in total. The minimum atomic E-state index is -0.656. The molecule has 1 aliphatic heterocycles. The highest BCUT2D eigenvalue weighted by Gasteiger charge is 2.28. The number of imidazole rings is 1. The van der Waals surface area contributed by atoms with Gasteiger partial charge in [0.25, 0.3) is 0 Å². The highest BCUT2D eigenvalue weighted by molar-refractivity contribution is 6.27. The number of hydrogen-bond donors (Lipinski definition) is 0. The van der Waals surface area contributed by atoms with Crippen LogP contribution in [-0.2, 0) is 24.3 Å². The second kappa shape index (κ2) is 6.66. The highest BCUT2D eigenvalue weighted by Crippen LogP contribution is 2.23. The van der Waals surface area contributed by atoms with E-state index in [1.807, 2.05) is 4.57 Å². The summed E-state index contributed by atoms with van der Waals surface area (Å²) in [5.74, 6) is -1.86. The predicted molar refractivity (Wildman–Crippen MR) is 82.0 cm³/mol. The third-order valence-corrected chi connectivity index (χ3v) is 4.43. The second-order valence-corrected chi connectivity index (χ2v) is 5.85. The maximum atomic E-state index is 13.9. The Kier molecular flexibility index (Phi) is 4.61. The lowest BCUT2D eigenvalue weighted by atomic mass is 10.0. The molecule has 0 bridgehead atoms. The molecule has 0 saturated carbocycles. The molecule has 1 aliphatic rings. The van der Waals surface area contributed by atoms with Crippen molar-refractivity contribution in [2.24, 2.45) is 0 Å². The molecule has 3 rings (SSSR count). The van der Waals surface area contributed by atoms with Gasteiger partial charge < -0.3 is 9.47 Å². The molecule has 2 aromatic rings. The summed E-state index contributed by atoms with van der Waals surface area (Å²) in [7, 11) is 0. The number of alkyl halides is 1. The van der Waals surface area contributed by atoms with Crippen molar-refractivity contribution in [3.8, 4) is 0 Å². The first-order chi connectivity index (χ1) is 11.1. The van der Waals surface area contributed by atoms with Gasteiger partial charge in [-0.3, -0.25) is 4.79 Å². The smallest absolute Gasteiger partial charge is 0.238 e. The first kappa shape index (κ1) is 15.9. The number of carbonyl (C=O) groups excluding carboxylic acids is 1. The number of aryl methyl sites for hydroxylation is 1. The van der Waals surface area contributed by atoms with Crippen LogP contribution in [0.25, 0.3) is 0 Å². The molecule has 2 heterocycles. The molecule has 1 aromatic carbocycles. The quantitative estimate of drug-likeness (QED) is 0.803. The van der Waals surface area contributed by atoms with Crippen molar-refractivity contribution >= 4 is 17.5 Å². The van der Waals surface area contributed by atoms with E-state index >= 15 is 0 Å². The van der Waals surface area contributed by atoms with Crippen molar-refractivity contribution in [1.29, 1.82) is 0 Å². The van der Waals surface area contributed by atoms with Crippen molar-refractivity contribution in [3.05, 3.63) is 53.6 Å². The fraction of sp³-hybridized carbons (Fsp3) is 0.375. The van der Waals surface area contributed by atoms with Gasteiger partial charge >= 0.3 is 0 Å². The Hall–Kier alpha value is -1.95. The zero-order chi connectivity index (χ0) is 16.4. The molecule has 1 aromatic heterocycles. The molecule has 4 nitrogen and oxygen atoms in total. The van der Waals surface area contributed by atoms with E-state index in [-0.39, 0.29) is 29.9 Å². The average molecular weight is 340 g/mol. The molecular weight excluding hydrogens is 324 g/mol. The van der Waals surface area contributed by atoms with Crippen LogP contribution in [-0.4, -0.2) is 32.3 Å². The minimum Gasteiger partial charge on any atom is -0.333 e. The lowest BCUT2D eigenvalue weighted by Crippen LogP contribution is -2.45. The van der Waals surface area contributed by atoms with Crippen molar-refractivity contribution in [1.82, 2.24) is 14.5 Å². The van der Waals surface area contributed by atoms with Crippen LogP contribution in [0.15, 0.2) is 30.7 Å². The van der Waals surface area contributed by atoms with Crippen molar-refractivity contribution < 1.29 is 13.6 Å². The summed E-state index contributed by atoms with van der Waals surface area (Å²) in [5.41, 5.74) is 0.985. The van der Waals surface area contributed by atoms with E-state index in [1.54, 1.807) is 12.5 Å². The highest BCUT2D eigenvalue weighted by atomic mass is 35.5. The van der Waals surface area contributed by atoms with E-state index in [0.29, 0.717) is 13.0 Å². The Morgan fingerprint density at radius 2 is 2.13 bits per heavy atom. The van der Waals surface area contributed by atoms with E-state index in [0.717, 1.165) is 12.1 Å². The van der Waals surface area contributed by atoms with Crippen molar-refractivity contribution in [2.75, 3.05) is 5.88 Å². The molecule has 122 valence electrons. The first-order valence-electron chi connectivity index (χ1n) is 7.37. The summed E-state index contributed by atoms with van der Waals surface area (Å²) in [6.07, 6.45) is 4.97. The molecule has 1 amide bonds. The fourth-order valence-electron chi connectivity index (χ4n) is 2.96. The fourth-order valence-corrected chi connectivity index (χ4v) is 3.11. The van der Waals surface area contributed by atoms with Crippen LogP contribution in [0.3, 0.4) is 0 Å². The molecule has 0 spiro atoms.